The molecule has 4 rings (SSSR count). The Morgan fingerprint density at radius 3 is 2.48 bits per heavy atom. The number of urea groups is 1. The van der Waals surface area contributed by atoms with E-state index in [9.17, 15) is 22.8 Å². The maximum Gasteiger partial charge on any atom is 0.433 e. The molecule has 9 nitrogen and oxygen atoms in total. The van der Waals surface area contributed by atoms with E-state index in [4.69, 9.17) is 4.52 Å². The highest BCUT2D eigenvalue weighted by molar-refractivity contribution is 5.90. The molecule has 0 saturated carbocycles. The highest BCUT2D eigenvalue weighted by Crippen LogP contribution is 2.28. The molecular formula is C21H23F3N6O3. The number of carbonyl (C=O) groups excluding carboxylic acids is 1. The van der Waals surface area contributed by atoms with Gasteiger partial charge in [-0.25, -0.2) is 9.78 Å². The molecule has 0 spiro atoms. The van der Waals surface area contributed by atoms with Crippen LogP contribution in [0.2, 0.25) is 0 Å². The molecule has 1 N–H and O–H groups in total. The van der Waals surface area contributed by atoms with Crippen molar-refractivity contribution in [2.45, 2.75) is 26.6 Å². The normalized spacial score (nSPS) is 15.2. The topological polar surface area (TPSA) is 96.5 Å². The van der Waals surface area contributed by atoms with E-state index < -0.39 is 11.9 Å². The number of amides is 2. The molecule has 0 unspecified atom stereocenters. The van der Waals surface area contributed by atoms with Crippen LogP contribution in [0.25, 0.3) is 10.9 Å². The Morgan fingerprint density at radius 1 is 1.12 bits per heavy atom. The van der Waals surface area contributed by atoms with Crippen molar-refractivity contribution in [2.75, 3.05) is 38.0 Å². The molecule has 1 aliphatic heterocycles. The molecule has 0 atom stereocenters. The number of alkyl halides is 3. The number of aromatic nitrogens is 3. The van der Waals surface area contributed by atoms with E-state index in [1.165, 1.54) is 22.9 Å². The fraction of sp³-hybridized carbons (Fsp3) is 0.429. The zero-order valence-corrected chi connectivity index (χ0v) is 18.1. The number of aryl methyl sites for hydroxylation is 2. The van der Waals surface area contributed by atoms with Crippen LogP contribution >= 0.6 is 0 Å². The van der Waals surface area contributed by atoms with E-state index in [2.05, 4.69) is 20.4 Å². The van der Waals surface area contributed by atoms with Gasteiger partial charge in [-0.2, -0.15) is 13.2 Å². The number of carbonyl (C=O) groups is 1. The molecule has 0 bridgehead atoms. The first-order valence-corrected chi connectivity index (χ1v) is 10.4. The summed E-state index contributed by atoms with van der Waals surface area (Å²) >= 11 is 0. The van der Waals surface area contributed by atoms with E-state index in [1.54, 1.807) is 18.7 Å². The lowest BCUT2D eigenvalue weighted by atomic mass is 10.2. The van der Waals surface area contributed by atoms with Crippen molar-refractivity contribution in [1.29, 1.82) is 0 Å². The Hall–Kier alpha value is -3.41. The minimum Gasteiger partial charge on any atom is -0.359 e. The monoisotopic (exact) mass is 464 g/mol. The lowest BCUT2D eigenvalue weighted by Crippen LogP contribution is -2.50. The van der Waals surface area contributed by atoms with Gasteiger partial charge in [0.2, 0.25) is 0 Å². The quantitative estimate of drug-likeness (QED) is 0.638. The molecule has 3 aromatic heterocycles. The lowest BCUT2D eigenvalue weighted by molar-refractivity contribution is -0.140. The van der Waals surface area contributed by atoms with Gasteiger partial charge in [0.15, 0.2) is 5.76 Å². The molecule has 1 fully saturated rings. The third-order valence-electron chi connectivity index (χ3n) is 5.70. The Bertz CT molecular complexity index is 1210. The zero-order chi connectivity index (χ0) is 23.8. The van der Waals surface area contributed by atoms with Gasteiger partial charge in [0.25, 0.3) is 5.56 Å². The smallest absolute Gasteiger partial charge is 0.359 e. The molecule has 1 saturated heterocycles. The first kappa shape index (κ1) is 22.8. The summed E-state index contributed by atoms with van der Waals surface area (Å²) in [6.07, 6.45) is -3.10. The van der Waals surface area contributed by atoms with Gasteiger partial charge in [0, 0.05) is 45.5 Å². The van der Waals surface area contributed by atoms with Crippen molar-refractivity contribution in [3.63, 3.8) is 0 Å². The predicted molar refractivity (Wildman–Crippen MR) is 114 cm³/mol. The molecule has 12 heteroatoms. The molecule has 4 heterocycles. The van der Waals surface area contributed by atoms with Crippen LogP contribution in [0.1, 0.15) is 17.1 Å². The van der Waals surface area contributed by atoms with Crippen molar-refractivity contribution < 1.29 is 22.5 Å². The Balaban J connectivity index is 1.33. The predicted octanol–water partition coefficient (Wildman–Crippen LogP) is 2.87. The van der Waals surface area contributed by atoms with E-state index in [0.717, 1.165) is 6.07 Å². The minimum absolute atomic E-state index is 0.0176. The van der Waals surface area contributed by atoms with Crippen LogP contribution < -0.4 is 10.9 Å². The second kappa shape index (κ2) is 8.85. The van der Waals surface area contributed by atoms with Gasteiger partial charge in [-0.05, 0) is 32.0 Å². The molecular weight excluding hydrogens is 441 g/mol. The summed E-state index contributed by atoms with van der Waals surface area (Å²) < 4.78 is 45.1. The average Bonchev–Trinajstić information content (AvgIpc) is 3.10. The summed E-state index contributed by atoms with van der Waals surface area (Å²) in [5.41, 5.74) is -0.196. The second-order valence-corrected chi connectivity index (χ2v) is 7.90. The van der Waals surface area contributed by atoms with Crippen LogP contribution in [0.3, 0.4) is 0 Å². The van der Waals surface area contributed by atoms with Gasteiger partial charge < -0.3 is 19.3 Å². The number of halogens is 3. The summed E-state index contributed by atoms with van der Waals surface area (Å²) in [4.78, 5) is 32.6. The Morgan fingerprint density at radius 2 is 1.85 bits per heavy atom. The third-order valence-corrected chi connectivity index (χ3v) is 5.70. The van der Waals surface area contributed by atoms with E-state index in [1.807, 2.05) is 0 Å². The Labute approximate surface area is 186 Å². The van der Waals surface area contributed by atoms with Crippen molar-refractivity contribution in [2.24, 2.45) is 0 Å². The molecule has 176 valence electrons. The van der Waals surface area contributed by atoms with Crippen LogP contribution in [0, 0.1) is 13.8 Å². The Kier molecular flexibility index (Phi) is 6.11. The van der Waals surface area contributed by atoms with Crippen molar-refractivity contribution in [3.05, 3.63) is 51.9 Å². The summed E-state index contributed by atoms with van der Waals surface area (Å²) in [5, 5.41) is 6.80. The average molecular weight is 464 g/mol. The lowest BCUT2D eigenvalue weighted by Gasteiger charge is -2.34. The summed E-state index contributed by atoms with van der Waals surface area (Å²) in [6, 6.07) is 3.19. The van der Waals surface area contributed by atoms with E-state index in [-0.39, 0.29) is 22.5 Å². The van der Waals surface area contributed by atoms with Crippen LogP contribution in [0.4, 0.5) is 23.7 Å². The first-order chi connectivity index (χ1) is 15.6. The zero-order valence-electron chi connectivity index (χ0n) is 18.1. The van der Waals surface area contributed by atoms with Crippen LogP contribution in [-0.2, 0) is 12.7 Å². The van der Waals surface area contributed by atoms with Crippen molar-refractivity contribution >= 4 is 22.6 Å². The fourth-order valence-corrected chi connectivity index (χ4v) is 3.77. The van der Waals surface area contributed by atoms with Gasteiger partial charge in [0.1, 0.15) is 17.1 Å². The van der Waals surface area contributed by atoms with Crippen LogP contribution in [0.15, 0.2) is 33.7 Å². The molecule has 0 aliphatic carbocycles. The van der Waals surface area contributed by atoms with Gasteiger partial charge in [-0.15, -0.1) is 0 Å². The fourth-order valence-electron chi connectivity index (χ4n) is 3.77. The highest BCUT2D eigenvalue weighted by atomic mass is 19.4. The summed E-state index contributed by atoms with van der Waals surface area (Å²) in [6.45, 7) is 6.73. The number of pyridine rings is 2. The van der Waals surface area contributed by atoms with E-state index >= 15 is 0 Å². The molecule has 1 aliphatic rings. The number of piperazine rings is 1. The molecule has 0 aromatic carbocycles. The third kappa shape index (κ3) is 4.85. The largest absolute Gasteiger partial charge is 0.433 e. The van der Waals surface area contributed by atoms with Crippen LogP contribution in [0.5, 0.6) is 0 Å². The maximum absolute atomic E-state index is 12.8. The maximum atomic E-state index is 12.8. The first-order valence-electron chi connectivity index (χ1n) is 10.4. The molecule has 2 amide bonds. The van der Waals surface area contributed by atoms with Crippen molar-refractivity contribution in [1.82, 2.24) is 24.5 Å². The number of fused-ring (bicyclic) bond motifs is 1. The molecule has 0 radical (unpaired) electrons. The van der Waals surface area contributed by atoms with Gasteiger partial charge >= 0.3 is 12.2 Å². The number of nitrogens with zero attached hydrogens (tertiary/aromatic N) is 5. The number of anilines is 1. The standard InChI is InChI=1S/C21H23F3N6O3/c1-13-18(14(2)33-27-13)26-20(32)30-11-8-28(9-12-30)7-10-29-6-5-16-15(19(29)31)3-4-17(25-16)21(22,23)24/h3-6H,7-12H2,1-2H3,(H,26,32). The van der Waals surface area contributed by atoms with Gasteiger partial charge in [-0.1, -0.05) is 5.16 Å². The number of hydrogen-bond donors (Lipinski definition) is 1. The molecule has 33 heavy (non-hydrogen) atoms. The number of nitrogens with one attached hydrogen (secondary N) is 1. The van der Waals surface area contributed by atoms with Gasteiger partial charge in [-0.3, -0.25) is 9.69 Å². The van der Waals surface area contributed by atoms with Gasteiger partial charge in [0.05, 0.1) is 10.9 Å². The second-order valence-electron chi connectivity index (χ2n) is 7.90. The number of hydrogen-bond acceptors (Lipinski definition) is 6. The highest BCUT2D eigenvalue weighted by Gasteiger charge is 2.32. The summed E-state index contributed by atoms with van der Waals surface area (Å²) in [7, 11) is 0. The molecule has 3 aromatic rings. The summed E-state index contributed by atoms with van der Waals surface area (Å²) in [5.74, 6) is 0.546. The minimum atomic E-state index is -4.56. The van der Waals surface area contributed by atoms with E-state index in [0.29, 0.717) is 56.4 Å². The SMILES string of the molecule is Cc1noc(C)c1NC(=O)N1CCN(CCn2ccc3nc(C(F)(F)F)ccc3c2=O)CC1. The van der Waals surface area contributed by atoms with Crippen LogP contribution in [-0.4, -0.2) is 63.3 Å². The number of rotatable bonds is 4. The van der Waals surface area contributed by atoms with Crippen molar-refractivity contribution in [3.8, 4) is 0 Å².